The summed E-state index contributed by atoms with van der Waals surface area (Å²) < 4.78 is 31.9. The lowest BCUT2D eigenvalue weighted by Crippen LogP contribution is -2.39. The van der Waals surface area contributed by atoms with Gasteiger partial charge in [-0.1, -0.05) is 0 Å². The highest BCUT2D eigenvalue weighted by molar-refractivity contribution is 7.90. The van der Waals surface area contributed by atoms with Crippen molar-refractivity contribution in [2.45, 2.75) is 33.6 Å². The molecule has 0 aliphatic rings. The van der Waals surface area contributed by atoms with Crippen molar-refractivity contribution in [1.29, 1.82) is 0 Å². The van der Waals surface area contributed by atoms with Crippen molar-refractivity contribution in [3.05, 3.63) is 0 Å². The first-order valence-corrected chi connectivity index (χ1v) is 8.25. The van der Waals surface area contributed by atoms with Crippen LogP contribution < -0.4 is 0 Å². The van der Waals surface area contributed by atoms with Gasteiger partial charge in [-0.3, -0.25) is 9.59 Å². The quantitative estimate of drug-likeness (QED) is 0.489. The molecule has 0 fully saturated rings. The average molecular weight is 294 g/mol. The second kappa shape index (κ2) is 7.47. The van der Waals surface area contributed by atoms with Crippen molar-refractivity contribution in [3.63, 3.8) is 0 Å². The first kappa shape index (κ1) is 17.9. The summed E-state index contributed by atoms with van der Waals surface area (Å²) in [5.41, 5.74) is -1.45. The maximum atomic E-state index is 11.9. The van der Waals surface area contributed by atoms with Gasteiger partial charge in [0.15, 0.2) is 5.41 Å². The molecule has 0 aromatic rings. The number of rotatable bonds is 8. The van der Waals surface area contributed by atoms with Gasteiger partial charge in [-0.25, -0.2) is 8.42 Å². The van der Waals surface area contributed by atoms with Gasteiger partial charge in [-0.05, 0) is 33.6 Å². The number of ether oxygens (including phenoxy) is 2. The number of carbonyl (C=O) groups excluding carboxylic acids is 2. The minimum Gasteiger partial charge on any atom is -0.465 e. The van der Waals surface area contributed by atoms with Crippen molar-refractivity contribution in [2.24, 2.45) is 5.41 Å². The molecule has 7 heteroatoms. The highest BCUT2D eigenvalue weighted by Crippen LogP contribution is 2.27. The summed E-state index contributed by atoms with van der Waals surface area (Å²) in [5.74, 6) is -1.44. The van der Waals surface area contributed by atoms with Crippen LogP contribution >= 0.6 is 0 Å². The van der Waals surface area contributed by atoms with Gasteiger partial charge in [-0.2, -0.15) is 0 Å². The van der Waals surface area contributed by atoms with Crippen molar-refractivity contribution in [3.8, 4) is 0 Å². The lowest BCUT2D eigenvalue weighted by Gasteiger charge is -2.24. The summed E-state index contributed by atoms with van der Waals surface area (Å²) in [4.78, 5) is 23.7. The molecule has 0 bridgehead atoms. The van der Waals surface area contributed by atoms with Gasteiger partial charge in [0, 0.05) is 12.0 Å². The molecule has 112 valence electrons. The Bertz CT molecular complexity index is 394. The van der Waals surface area contributed by atoms with E-state index < -0.39 is 27.2 Å². The first-order valence-electron chi connectivity index (χ1n) is 6.19. The SMILES string of the molecule is CCOC(=O)C(C)(CCCS(C)(=O)=O)C(=O)OCC. The molecular weight excluding hydrogens is 272 g/mol. The summed E-state index contributed by atoms with van der Waals surface area (Å²) >= 11 is 0. The summed E-state index contributed by atoms with van der Waals surface area (Å²) in [6.07, 6.45) is 1.39. The fraction of sp³-hybridized carbons (Fsp3) is 0.833. The second-order valence-electron chi connectivity index (χ2n) is 4.51. The number of hydrogen-bond acceptors (Lipinski definition) is 6. The Hall–Kier alpha value is -1.11. The molecule has 0 heterocycles. The molecule has 0 aromatic carbocycles. The Labute approximate surface area is 114 Å². The highest BCUT2D eigenvalue weighted by atomic mass is 32.2. The predicted octanol–water partition coefficient (Wildman–Crippen LogP) is 0.944. The zero-order valence-electron chi connectivity index (χ0n) is 11.9. The number of esters is 2. The Morgan fingerprint density at radius 2 is 1.47 bits per heavy atom. The van der Waals surface area contributed by atoms with Gasteiger partial charge < -0.3 is 9.47 Å². The van der Waals surface area contributed by atoms with E-state index in [1.54, 1.807) is 13.8 Å². The van der Waals surface area contributed by atoms with Gasteiger partial charge in [0.2, 0.25) is 0 Å². The number of sulfone groups is 1. The van der Waals surface area contributed by atoms with Gasteiger partial charge in [0.25, 0.3) is 0 Å². The monoisotopic (exact) mass is 294 g/mol. The minimum absolute atomic E-state index is 0.0811. The molecule has 0 radical (unpaired) electrons. The Morgan fingerprint density at radius 1 is 1.05 bits per heavy atom. The fourth-order valence-electron chi connectivity index (χ4n) is 1.56. The van der Waals surface area contributed by atoms with Crippen LogP contribution in [0.15, 0.2) is 0 Å². The molecule has 6 nitrogen and oxygen atoms in total. The molecule has 0 unspecified atom stereocenters. The van der Waals surface area contributed by atoms with E-state index in [1.807, 2.05) is 0 Å². The van der Waals surface area contributed by atoms with Crippen molar-refractivity contribution in [2.75, 3.05) is 25.2 Å². The fourth-order valence-corrected chi connectivity index (χ4v) is 2.22. The smallest absolute Gasteiger partial charge is 0.323 e. The minimum atomic E-state index is -3.13. The predicted molar refractivity (Wildman–Crippen MR) is 70.3 cm³/mol. The summed E-state index contributed by atoms with van der Waals surface area (Å²) in [6, 6.07) is 0. The third-order valence-electron chi connectivity index (χ3n) is 2.64. The molecule has 19 heavy (non-hydrogen) atoms. The molecule has 0 saturated carbocycles. The lowest BCUT2D eigenvalue weighted by atomic mass is 9.85. The van der Waals surface area contributed by atoms with Gasteiger partial charge in [-0.15, -0.1) is 0 Å². The first-order chi connectivity index (χ1) is 8.67. The van der Waals surface area contributed by atoms with Gasteiger partial charge in [0.05, 0.1) is 13.2 Å². The zero-order chi connectivity index (χ0) is 15.1. The molecule has 0 aliphatic carbocycles. The molecule has 0 amide bonds. The summed E-state index contributed by atoms with van der Waals surface area (Å²) in [7, 11) is -3.13. The maximum Gasteiger partial charge on any atom is 0.323 e. The average Bonchev–Trinajstić information content (AvgIpc) is 2.27. The summed E-state index contributed by atoms with van der Waals surface area (Å²) in [6.45, 7) is 5.00. The summed E-state index contributed by atoms with van der Waals surface area (Å²) in [5, 5.41) is 0. The Balaban J connectivity index is 4.85. The molecule has 0 atom stereocenters. The second-order valence-corrected chi connectivity index (χ2v) is 6.77. The highest BCUT2D eigenvalue weighted by Gasteiger charge is 2.43. The van der Waals surface area contributed by atoms with Crippen LogP contribution in [0.25, 0.3) is 0 Å². The van der Waals surface area contributed by atoms with E-state index in [1.165, 1.54) is 6.92 Å². The Morgan fingerprint density at radius 3 is 1.79 bits per heavy atom. The molecule has 0 spiro atoms. The van der Waals surface area contributed by atoms with E-state index in [2.05, 4.69) is 0 Å². The van der Waals surface area contributed by atoms with E-state index >= 15 is 0 Å². The Kier molecular flexibility index (Phi) is 7.04. The lowest BCUT2D eigenvalue weighted by molar-refractivity contribution is -0.171. The van der Waals surface area contributed by atoms with Gasteiger partial charge in [0.1, 0.15) is 9.84 Å². The molecule has 0 rings (SSSR count). The van der Waals surface area contributed by atoms with Crippen LogP contribution in [0.3, 0.4) is 0 Å². The van der Waals surface area contributed by atoms with Crippen LogP contribution in [0.5, 0.6) is 0 Å². The van der Waals surface area contributed by atoms with E-state index in [4.69, 9.17) is 9.47 Å². The van der Waals surface area contributed by atoms with Crippen molar-refractivity contribution >= 4 is 21.8 Å². The molecular formula is C12H22O6S. The van der Waals surface area contributed by atoms with E-state index in [9.17, 15) is 18.0 Å². The third-order valence-corrected chi connectivity index (χ3v) is 3.67. The van der Waals surface area contributed by atoms with Crippen LogP contribution in [0, 0.1) is 5.41 Å². The maximum absolute atomic E-state index is 11.9. The number of carbonyl (C=O) groups is 2. The topological polar surface area (TPSA) is 86.7 Å². The van der Waals surface area contributed by atoms with Crippen LogP contribution in [-0.2, 0) is 28.9 Å². The molecule has 0 saturated heterocycles. The van der Waals surface area contributed by atoms with Crippen molar-refractivity contribution in [1.82, 2.24) is 0 Å². The molecule has 0 N–H and O–H groups in total. The van der Waals surface area contributed by atoms with E-state index in [0.29, 0.717) is 0 Å². The molecule has 0 aliphatic heterocycles. The van der Waals surface area contributed by atoms with Crippen molar-refractivity contribution < 1.29 is 27.5 Å². The molecule has 0 aromatic heterocycles. The van der Waals surface area contributed by atoms with Crippen LogP contribution in [0.1, 0.15) is 33.6 Å². The van der Waals surface area contributed by atoms with Crippen LogP contribution in [0.2, 0.25) is 0 Å². The zero-order valence-corrected chi connectivity index (χ0v) is 12.7. The largest absolute Gasteiger partial charge is 0.465 e. The van der Waals surface area contributed by atoms with E-state index in [0.717, 1.165) is 6.26 Å². The van der Waals surface area contributed by atoms with E-state index in [-0.39, 0.29) is 31.8 Å². The van der Waals surface area contributed by atoms with Crippen LogP contribution in [0.4, 0.5) is 0 Å². The van der Waals surface area contributed by atoms with Gasteiger partial charge >= 0.3 is 11.9 Å². The number of hydrogen-bond donors (Lipinski definition) is 0. The third kappa shape index (κ3) is 6.04. The standard InChI is InChI=1S/C12H22O6S/c1-5-17-10(13)12(3,11(14)18-6-2)8-7-9-19(4,15)16/h5-9H2,1-4H3. The van der Waals surface area contributed by atoms with Crippen LogP contribution in [-0.4, -0.2) is 45.6 Å². The normalized spacial score (nSPS) is 12.0.